The summed E-state index contributed by atoms with van der Waals surface area (Å²) < 4.78 is 7.35. The van der Waals surface area contributed by atoms with Gasteiger partial charge in [-0.3, -0.25) is 4.79 Å². The van der Waals surface area contributed by atoms with Gasteiger partial charge in [-0.2, -0.15) is 5.10 Å². The van der Waals surface area contributed by atoms with Crippen molar-refractivity contribution >= 4 is 5.91 Å². The predicted molar refractivity (Wildman–Crippen MR) is 110 cm³/mol. The van der Waals surface area contributed by atoms with Crippen molar-refractivity contribution < 1.29 is 14.4 Å². The summed E-state index contributed by atoms with van der Waals surface area (Å²) in [5.74, 6) is 1.11. The lowest BCUT2D eigenvalue weighted by molar-refractivity contribution is -0.917. The SMILES string of the molecule is O=C(c1cnn(-c2ccccc2)c1)N1CC[NH+](Cc2ccc3c(c2)CCO3)CC1. The Bertz CT molecular complexity index is 1010. The number of rotatable bonds is 4. The van der Waals surface area contributed by atoms with E-state index in [1.165, 1.54) is 16.0 Å². The Morgan fingerprint density at radius 1 is 1.10 bits per heavy atom. The van der Waals surface area contributed by atoms with Crippen LogP contribution in [0.15, 0.2) is 60.9 Å². The number of aromatic nitrogens is 2. The molecule has 0 spiro atoms. The lowest BCUT2D eigenvalue weighted by atomic mass is 10.1. The lowest BCUT2D eigenvalue weighted by Gasteiger charge is -2.32. The Hall–Kier alpha value is -3.12. The van der Waals surface area contributed by atoms with Crippen molar-refractivity contribution in [1.29, 1.82) is 0 Å². The van der Waals surface area contributed by atoms with Crippen molar-refractivity contribution in [2.75, 3.05) is 32.8 Å². The fourth-order valence-corrected chi connectivity index (χ4v) is 4.18. The fourth-order valence-electron chi connectivity index (χ4n) is 4.18. The van der Waals surface area contributed by atoms with Crippen molar-refractivity contribution in [2.24, 2.45) is 0 Å². The number of hydrogen-bond acceptors (Lipinski definition) is 3. The zero-order valence-corrected chi connectivity index (χ0v) is 16.4. The van der Waals surface area contributed by atoms with Crippen LogP contribution < -0.4 is 9.64 Å². The summed E-state index contributed by atoms with van der Waals surface area (Å²) >= 11 is 0. The van der Waals surface area contributed by atoms with E-state index in [1.54, 1.807) is 10.9 Å². The molecule has 0 saturated carbocycles. The molecule has 0 radical (unpaired) electrons. The van der Waals surface area contributed by atoms with Gasteiger partial charge < -0.3 is 14.5 Å². The van der Waals surface area contributed by atoms with E-state index in [0.29, 0.717) is 5.56 Å². The second-order valence-electron chi connectivity index (χ2n) is 7.77. The number of nitrogens with zero attached hydrogens (tertiary/aromatic N) is 3. The standard InChI is InChI=1S/C23H24N4O2/c28-23(20-15-24-27(17-20)21-4-2-1-3-5-21)26-11-9-25(10-12-26)16-18-6-7-22-19(14-18)8-13-29-22/h1-7,14-15,17H,8-13,16H2/p+1. The molecule has 0 atom stereocenters. The first-order valence-corrected chi connectivity index (χ1v) is 10.2. The van der Waals surface area contributed by atoms with Gasteiger partial charge >= 0.3 is 0 Å². The molecule has 2 aliphatic heterocycles. The lowest BCUT2D eigenvalue weighted by Crippen LogP contribution is -3.13. The highest BCUT2D eigenvalue weighted by Crippen LogP contribution is 2.25. The molecule has 0 unspecified atom stereocenters. The van der Waals surface area contributed by atoms with E-state index in [2.05, 4.69) is 23.3 Å². The number of carbonyl (C=O) groups excluding carboxylic acids is 1. The van der Waals surface area contributed by atoms with E-state index in [1.807, 2.05) is 41.4 Å². The van der Waals surface area contributed by atoms with Gasteiger partial charge in [0.2, 0.25) is 0 Å². The van der Waals surface area contributed by atoms with Gasteiger partial charge in [0.25, 0.3) is 5.91 Å². The summed E-state index contributed by atoms with van der Waals surface area (Å²) in [4.78, 5) is 16.4. The molecule has 148 valence electrons. The third-order valence-electron chi connectivity index (χ3n) is 5.82. The van der Waals surface area contributed by atoms with Gasteiger partial charge in [0, 0.05) is 18.2 Å². The van der Waals surface area contributed by atoms with Crippen LogP contribution in [0.5, 0.6) is 5.75 Å². The van der Waals surface area contributed by atoms with Crippen molar-refractivity contribution in [3.8, 4) is 11.4 Å². The van der Waals surface area contributed by atoms with Crippen molar-refractivity contribution in [1.82, 2.24) is 14.7 Å². The summed E-state index contributed by atoms with van der Waals surface area (Å²) in [5.41, 5.74) is 4.29. The Kier molecular flexibility index (Phi) is 4.77. The van der Waals surface area contributed by atoms with Crippen LogP contribution in [0.2, 0.25) is 0 Å². The number of benzene rings is 2. The molecule has 3 heterocycles. The maximum Gasteiger partial charge on any atom is 0.257 e. The van der Waals surface area contributed by atoms with Crippen molar-refractivity contribution in [3.05, 3.63) is 77.6 Å². The highest BCUT2D eigenvalue weighted by atomic mass is 16.5. The van der Waals surface area contributed by atoms with Gasteiger partial charge in [-0.25, -0.2) is 4.68 Å². The monoisotopic (exact) mass is 389 g/mol. The van der Waals surface area contributed by atoms with Crippen LogP contribution in [-0.2, 0) is 13.0 Å². The number of hydrogen-bond donors (Lipinski definition) is 1. The Balaban J connectivity index is 1.18. The maximum absolute atomic E-state index is 12.9. The highest BCUT2D eigenvalue weighted by Gasteiger charge is 2.26. The third kappa shape index (κ3) is 3.76. The maximum atomic E-state index is 12.9. The largest absolute Gasteiger partial charge is 0.493 e. The van der Waals surface area contributed by atoms with Crippen LogP contribution in [0.1, 0.15) is 21.5 Å². The van der Waals surface area contributed by atoms with Crippen LogP contribution in [-0.4, -0.2) is 53.4 Å². The number of carbonyl (C=O) groups is 1. The fraction of sp³-hybridized carbons (Fsp3) is 0.304. The Morgan fingerprint density at radius 3 is 2.76 bits per heavy atom. The molecule has 1 N–H and O–H groups in total. The number of para-hydroxylation sites is 1. The van der Waals surface area contributed by atoms with Crippen LogP contribution in [0.25, 0.3) is 5.69 Å². The molecule has 1 amide bonds. The molecule has 3 aromatic rings. The van der Waals surface area contributed by atoms with E-state index in [0.717, 1.165) is 57.2 Å². The molecular weight excluding hydrogens is 364 g/mol. The number of piperazine rings is 1. The molecule has 5 rings (SSSR count). The first kappa shape index (κ1) is 17.9. The van der Waals surface area contributed by atoms with E-state index in [-0.39, 0.29) is 5.91 Å². The molecule has 1 fully saturated rings. The quantitative estimate of drug-likeness (QED) is 0.733. The molecule has 1 saturated heterocycles. The van der Waals surface area contributed by atoms with Gasteiger partial charge in [0.15, 0.2) is 0 Å². The van der Waals surface area contributed by atoms with E-state index in [4.69, 9.17) is 4.74 Å². The normalized spacial score (nSPS) is 16.5. The van der Waals surface area contributed by atoms with E-state index < -0.39 is 0 Å². The first-order chi connectivity index (χ1) is 14.3. The molecular formula is C23H25N4O2+. The third-order valence-corrected chi connectivity index (χ3v) is 5.82. The number of nitrogens with one attached hydrogen (secondary N) is 1. The summed E-state index contributed by atoms with van der Waals surface area (Å²) in [5, 5.41) is 4.36. The van der Waals surface area contributed by atoms with Crippen molar-refractivity contribution in [3.63, 3.8) is 0 Å². The van der Waals surface area contributed by atoms with Crippen LogP contribution in [0, 0.1) is 0 Å². The van der Waals surface area contributed by atoms with E-state index in [9.17, 15) is 4.79 Å². The first-order valence-electron chi connectivity index (χ1n) is 10.2. The number of ether oxygens (including phenoxy) is 1. The minimum absolute atomic E-state index is 0.0703. The average molecular weight is 389 g/mol. The molecule has 1 aromatic heterocycles. The van der Waals surface area contributed by atoms with Gasteiger partial charge in [0.05, 0.1) is 50.2 Å². The van der Waals surface area contributed by atoms with Gasteiger partial charge in [-0.05, 0) is 35.9 Å². The molecule has 6 nitrogen and oxygen atoms in total. The average Bonchev–Trinajstić information content (AvgIpc) is 3.44. The number of fused-ring (bicyclic) bond motifs is 1. The zero-order chi connectivity index (χ0) is 19.6. The molecule has 0 aliphatic carbocycles. The summed E-state index contributed by atoms with van der Waals surface area (Å²) in [7, 11) is 0. The predicted octanol–water partition coefficient (Wildman–Crippen LogP) is 1.35. The second-order valence-corrected chi connectivity index (χ2v) is 7.77. The molecule has 29 heavy (non-hydrogen) atoms. The molecule has 6 heteroatoms. The molecule has 2 aliphatic rings. The molecule has 0 bridgehead atoms. The van der Waals surface area contributed by atoms with Crippen LogP contribution in [0.4, 0.5) is 0 Å². The van der Waals surface area contributed by atoms with Crippen molar-refractivity contribution in [2.45, 2.75) is 13.0 Å². The highest BCUT2D eigenvalue weighted by molar-refractivity contribution is 5.93. The van der Waals surface area contributed by atoms with Gasteiger partial charge in [-0.15, -0.1) is 0 Å². The van der Waals surface area contributed by atoms with E-state index >= 15 is 0 Å². The van der Waals surface area contributed by atoms with Gasteiger partial charge in [-0.1, -0.05) is 18.2 Å². The van der Waals surface area contributed by atoms with Crippen LogP contribution in [0.3, 0.4) is 0 Å². The summed E-state index contributed by atoms with van der Waals surface area (Å²) in [6.07, 6.45) is 4.50. The topological polar surface area (TPSA) is 51.8 Å². The number of amides is 1. The minimum Gasteiger partial charge on any atom is -0.493 e. The Labute approximate surface area is 170 Å². The number of quaternary nitrogens is 1. The summed E-state index contributed by atoms with van der Waals surface area (Å²) in [6.45, 7) is 5.28. The molecule has 2 aromatic carbocycles. The summed E-state index contributed by atoms with van der Waals surface area (Å²) in [6, 6.07) is 16.4. The smallest absolute Gasteiger partial charge is 0.257 e. The Morgan fingerprint density at radius 2 is 1.93 bits per heavy atom. The van der Waals surface area contributed by atoms with Gasteiger partial charge in [0.1, 0.15) is 12.3 Å². The second kappa shape index (κ2) is 7.72. The minimum atomic E-state index is 0.0703. The zero-order valence-electron chi connectivity index (χ0n) is 16.4. The van der Waals surface area contributed by atoms with Crippen LogP contribution >= 0.6 is 0 Å².